The molecule has 2 fully saturated rings. The molecule has 0 radical (unpaired) electrons. The summed E-state index contributed by atoms with van der Waals surface area (Å²) in [4.78, 5) is 0. The van der Waals surface area contributed by atoms with Gasteiger partial charge < -0.3 is 0 Å². The van der Waals surface area contributed by atoms with Crippen LogP contribution in [-0.2, 0) is 0 Å². The molecule has 0 atom stereocenters. The van der Waals surface area contributed by atoms with E-state index < -0.39 is 29.6 Å². The van der Waals surface area contributed by atoms with Crippen LogP contribution in [0.2, 0.25) is 0 Å². The molecule has 0 N–H and O–H groups in total. The van der Waals surface area contributed by atoms with Crippen molar-refractivity contribution in [3.8, 4) is 0 Å². The van der Waals surface area contributed by atoms with E-state index in [2.05, 4.69) is 0 Å². The lowest BCUT2D eigenvalue weighted by molar-refractivity contribution is -0.382. The Morgan fingerprint density at radius 1 is 0.652 bits per heavy atom. The molecule has 0 spiro atoms. The zero-order valence-corrected chi connectivity index (χ0v) is 13.6. The van der Waals surface area contributed by atoms with Crippen molar-refractivity contribution in [3.05, 3.63) is 0 Å². The van der Waals surface area contributed by atoms with Crippen molar-refractivity contribution in [2.45, 2.75) is 83.5 Å². The molecule has 2 aliphatic carbocycles. The van der Waals surface area contributed by atoms with Crippen LogP contribution in [-0.4, -0.2) is 12.4 Å². The maximum Gasteiger partial charge on any atom is 0.403 e. The fourth-order valence-electron chi connectivity index (χ4n) is 5.00. The van der Waals surface area contributed by atoms with Gasteiger partial charge in [0.2, 0.25) is 0 Å². The second-order valence-electron chi connectivity index (χ2n) is 7.33. The first-order chi connectivity index (χ1) is 10.6. The predicted octanol–water partition coefficient (Wildman–Crippen LogP) is 6.89. The number of hydrogen-bond acceptors (Lipinski definition) is 0. The number of hydrogen-bond donors (Lipinski definition) is 0. The summed E-state index contributed by atoms with van der Waals surface area (Å²) in [7, 11) is 0. The van der Waals surface area contributed by atoms with Gasteiger partial charge >= 0.3 is 12.4 Å². The van der Waals surface area contributed by atoms with Crippen LogP contribution in [0.4, 0.5) is 26.3 Å². The summed E-state index contributed by atoms with van der Waals surface area (Å²) in [6.07, 6.45) is -6.75. The summed E-state index contributed by atoms with van der Waals surface area (Å²) >= 11 is 0. The minimum absolute atomic E-state index is 0.0483. The largest absolute Gasteiger partial charge is 0.403 e. The molecule has 0 nitrogen and oxygen atoms in total. The van der Waals surface area contributed by atoms with E-state index in [9.17, 15) is 26.3 Å². The van der Waals surface area contributed by atoms with Gasteiger partial charge in [-0.2, -0.15) is 26.3 Å². The van der Waals surface area contributed by atoms with Crippen molar-refractivity contribution in [3.63, 3.8) is 0 Å². The van der Waals surface area contributed by atoms with Crippen LogP contribution in [0.3, 0.4) is 0 Å². The lowest BCUT2D eigenvalue weighted by atomic mass is 9.57. The van der Waals surface area contributed by atoms with Gasteiger partial charge in [0.1, 0.15) is 0 Å². The Bertz CT molecular complexity index is 356. The van der Waals surface area contributed by atoms with Crippen molar-refractivity contribution in [2.75, 3.05) is 0 Å². The van der Waals surface area contributed by atoms with Crippen LogP contribution in [0.1, 0.15) is 71.1 Å². The van der Waals surface area contributed by atoms with E-state index in [-0.39, 0.29) is 31.6 Å². The molecule has 0 aromatic carbocycles. The first-order valence-electron chi connectivity index (χ1n) is 8.78. The first kappa shape index (κ1) is 18.9. The minimum atomic E-state index is -5.23. The Hall–Kier alpha value is -0.420. The third kappa shape index (κ3) is 3.37. The molecule has 2 saturated carbocycles. The summed E-state index contributed by atoms with van der Waals surface area (Å²) in [5.74, 6) is -2.34. The van der Waals surface area contributed by atoms with Gasteiger partial charge in [-0.1, -0.05) is 45.4 Å². The van der Waals surface area contributed by atoms with Crippen molar-refractivity contribution < 1.29 is 26.3 Å². The number of rotatable bonds is 3. The van der Waals surface area contributed by atoms with Crippen molar-refractivity contribution in [1.29, 1.82) is 0 Å². The SMILES string of the molecule is CCC1CCC(C(C2CCCCC2)(C(F)(F)F)C(F)(F)F)CC1. The Labute approximate surface area is 134 Å². The van der Waals surface area contributed by atoms with E-state index >= 15 is 0 Å². The van der Waals surface area contributed by atoms with Crippen molar-refractivity contribution in [1.82, 2.24) is 0 Å². The monoisotopic (exact) mass is 344 g/mol. The van der Waals surface area contributed by atoms with Gasteiger partial charge in [0, 0.05) is 0 Å². The van der Waals surface area contributed by atoms with Gasteiger partial charge in [-0.25, -0.2) is 0 Å². The Morgan fingerprint density at radius 2 is 1.09 bits per heavy atom. The molecule has 136 valence electrons. The van der Waals surface area contributed by atoms with Crippen LogP contribution in [0, 0.1) is 23.2 Å². The van der Waals surface area contributed by atoms with Gasteiger partial charge in [0.05, 0.1) is 0 Å². The molecule has 0 amide bonds. The van der Waals surface area contributed by atoms with Gasteiger partial charge in [-0.15, -0.1) is 0 Å². The topological polar surface area (TPSA) is 0 Å². The van der Waals surface area contributed by atoms with Gasteiger partial charge in [0.25, 0.3) is 0 Å². The minimum Gasteiger partial charge on any atom is -0.170 e. The molecular weight excluding hydrogens is 318 g/mol. The first-order valence-corrected chi connectivity index (χ1v) is 8.78. The van der Waals surface area contributed by atoms with E-state index in [0.29, 0.717) is 25.7 Å². The van der Waals surface area contributed by atoms with E-state index in [1.807, 2.05) is 6.92 Å². The van der Waals surface area contributed by atoms with Gasteiger partial charge in [0.15, 0.2) is 5.41 Å². The van der Waals surface area contributed by atoms with E-state index in [0.717, 1.165) is 12.8 Å². The van der Waals surface area contributed by atoms with E-state index in [1.54, 1.807) is 0 Å². The second-order valence-corrected chi connectivity index (χ2v) is 7.33. The molecule has 2 aliphatic rings. The van der Waals surface area contributed by atoms with Crippen LogP contribution in [0.15, 0.2) is 0 Å². The maximum atomic E-state index is 13.9. The van der Waals surface area contributed by atoms with Crippen LogP contribution in [0.5, 0.6) is 0 Å². The molecule has 0 saturated heterocycles. The second kappa shape index (κ2) is 6.83. The highest BCUT2D eigenvalue weighted by atomic mass is 19.4. The molecule has 6 heteroatoms. The molecule has 0 aromatic heterocycles. The summed E-state index contributed by atoms with van der Waals surface area (Å²) in [5, 5.41) is 0. The van der Waals surface area contributed by atoms with Gasteiger partial charge in [-0.3, -0.25) is 0 Å². The number of alkyl halides is 6. The van der Waals surface area contributed by atoms with Crippen LogP contribution >= 0.6 is 0 Å². The van der Waals surface area contributed by atoms with Crippen LogP contribution < -0.4 is 0 Å². The fourth-order valence-corrected chi connectivity index (χ4v) is 5.00. The maximum absolute atomic E-state index is 13.9. The summed E-state index contributed by atoms with van der Waals surface area (Å²) in [6.45, 7) is 1.95. The molecule has 2 rings (SSSR count). The normalized spacial score (nSPS) is 28.8. The zero-order chi connectivity index (χ0) is 17.3. The molecule has 0 aromatic rings. The fraction of sp³-hybridized carbons (Fsp3) is 1.00. The Balaban J connectivity index is 2.40. The Kier molecular flexibility index (Phi) is 5.62. The molecule has 23 heavy (non-hydrogen) atoms. The molecule has 0 aliphatic heterocycles. The van der Waals surface area contributed by atoms with E-state index in [4.69, 9.17) is 0 Å². The van der Waals surface area contributed by atoms with Crippen LogP contribution in [0.25, 0.3) is 0 Å². The molecular formula is C17H26F6. The summed E-state index contributed by atoms with van der Waals surface area (Å²) < 4.78 is 83.4. The third-order valence-electron chi connectivity index (χ3n) is 6.26. The Morgan fingerprint density at radius 3 is 1.48 bits per heavy atom. The summed E-state index contributed by atoms with van der Waals surface area (Å²) in [5.41, 5.74) is -3.50. The highest BCUT2D eigenvalue weighted by molar-refractivity contribution is 5.04. The number of halogens is 6. The lowest BCUT2D eigenvalue weighted by Crippen LogP contribution is -2.60. The lowest BCUT2D eigenvalue weighted by Gasteiger charge is -2.51. The molecule has 0 unspecified atom stereocenters. The van der Waals surface area contributed by atoms with Crippen molar-refractivity contribution >= 4 is 0 Å². The smallest absolute Gasteiger partial charge is 0.170 e. The summed E-state index contributed by atoms with van der Waals surface area (Å²) in [6, 6.07) is 0. The highest BCUT2D eigenvalue weighted by Crippen LogP contribution is 2.64. The highest BCUT2D eigenvalue weighted by Gasteiger charge is 2.76. The zero-order valence-electron chi connectivity index (χ0n) is 13.6. The predicted molar refractivity (Wildman–Crippen MR) is 76.9 cm³/mol. The average molecular weight is 344 g/mol. The van der Waals surface area contributed by atoms with Gasteiger partial charge in [-0.05, 0) is 43.4 Å². The molecule has 0 bridgehead atoms. The molecule has 0 heterocycles. The quantitative estimate of drug-likeness (QED) is 0.489. The third-order valence-corrected chi connectivity index (χ3v) is 6.26. The van der Waals surface area contributed by atoms with Crippen molar-refractivity contribution in [2.24, 2.45) is 23.2 Å². The van der Waals surface area contributed by atoms with E-state index in [1.165, 1.54) is 0 Å². The standard InChI is InChI=1S/C17H26F6/c1-2-12-8-10-14(11-9-12)15(16(18,19)20,17(21,22)23)13-6-4-3-5-7-13/h12-14H,2-11H2,1H3. The average Bonchev–Trinajstić information content (AvgIpc) is 2.47.